The third kappa shape index (κ3) is 4.91. The van der Waals surface area contributed by atoms with Crippen LogP contribution in [0.15, 0.2) is 34.9 Å². The summed E-state index contributed by atoms with van der Waals surface area (Å²) in [5, 5.41) is 0. The van der Waals surface area contributed by atoms with Crippen LogP contribution < -0.4 is 0 Å². The Hall–Kier alpha value is -2.58. The topological polar surface area (TPSA) is 77.2 Å². The largest absolute Gasteiger partial charge is 0.454 e. The van der Waals surface area contributed by atoms with E-state index < -0.39 is 5.79 Å². The molecule has 0 saturated carbocycles. The van der Waals surface area contributed by atoms with E-state index in [4.69, 9.17) is 13.9 Å². The SMILES string of the molecule is CCCN(Cc1cccn1Cc1ccc(C(=O)N2CCC3(CC2)OCCO3)o1)C(=O)CC. The fraction of sp³-hybridized carbons (Fsp3) is 0.583. The zero-order valence-corrected chi connectivity index (χ0v) is 19.0. The third-order valence-corrected chi connectivity index (χ3v) is 6.25. The van der Waals surface area contributed by atoms with Gasteiger partial charge in [-0.15, -0.1) is 0 Å². The number of hydrogen-bond acceptors (Lipinski definition) is 5. The summed E-state index contributed by atoms with van der Waals surface area (Å²) >= 11 is 0. The van der Waals surface area contributed by atoms with Crippen molar-refractivity contribution in [3.63, 3.8) is 0 Å². The number of piperidine rings is 1. The molecule has 4 rings (SSSR count). The maximum atomic E-state index is 12.9. The molecule has 2 aliphatic heterocycles. The molecular weight excluding hydrogens is 410 g/mol. The summed E-state index contributed by atoms with van der Waals surface area (Å²) in [5.41, 5.74) is 1.04. The van der Waals surface area contributed by atoms with Gasteiger partial charge < -0.3 is 28.3 Å². The highest BCUT2D eigenvalue weighted by atomic mass is 16.7. The molecule has 2 aliphatic rings. The van der Waals surface area contributed by atoms with Gasteiger partial charge in [-0.3, -0.25) is 9.59 Å². The first-order valence-corrected chi connectivity index (χ1v) is 11.6. The Morgan fingerprint density at radius 2 is 1.84 bits per heavy atom. The van der Waals surface area contributed by atoms with Crippen LogP contribution in [0.3, 0.4) is 0 Å². The monoisotopic (exact) mass is 443 g/mol. The van der Waals surface area contributed by atoms with Crippen molar-refractivity contribution in [2.24, 2.45) is 0 Å². The maximum Gasteiger partial charge on any atom is 0.289 e. The third-order valence-electron chi connectivity index (χ3n) is 6.25. The summed E-state index contributed by atoms with van der Waals surface area (Å²) in [6.07, 6.45) is 4.77. The van der Waals surface area contributed by atoms with Crippen LogP contribution in [0.2, 0.25) is 0 Å². The molecule has 174 valence electrons. The van der Waals surface area contributed by atoms with Gasteiger partial charge >= 0.3 is 0 Å². The van der Waals surface area contributed by atoms with Crippen molar-refractivity contribution in [3.8, 4) is 0 Å². The van der Waals surface area contributed by atoms with Crippen molar-refractivity contribution in [1.82, 2.24) is 14.4 Å². The summed E-state index contributed by atoms with van der Waals surface area (Å²) in [6.45, 7) is 8.22. The molecule has 2 aromatic rings. The minimum absolute atomic E-state index is 0.0977. The van der Waals surface area contributed by atoms with Gasteiger partial charge in [-0.2, -0.15) is 0 Å². The Balaban J connectivity index is 1.37. The molecule has 8 heteroatoms. The Morgan fingerprint density at radius 1 is 1.09 bits per heavy atom. The van der Waals surface area contributed by atoms with Crippen molar-refractivity contribution in [1.29, 1.82) is 0 Å². The lowest BCUT2D eigenvalue weighted by Gasteiger charge is -2.37. The lowest BCUT2D eigenvalue weighted by Crippen LogP contribution is -2.47. The van der Waals surface area contributed by atoms with Gasteiger partial charge in [0, 0.05) is 50.8 Å². The van der Waals surface area contributed by atoms with Gasteiger partial charge in [-0.25, -0.2) is 0 Å². The molecule has 32 heavy (non-hydrogen) atoms. The second-order valence-electron chi connectivity index (χ2n) is 8.46. The summed E-state index contributed by atoms with van der Waals surface area (Å²) in [7, 11) is 0. The first-order valence-electron chi connectivity index (χ1n) is 11.6. The Kier molecular flexibility index (Phi) is 7.01. The van der Waals surface area contributed by atoms with Crippen molar-refractivity contribution in [2.45, 2.75) is 58.4 Å². The second-order valence-corrected chi connectivity index (χ2v) is 8.46. The van der Waals surface area contributed by atoms with Crippen LogP contribution in [0.25, 0.3) is 0 Å². The van der Waals surface area contributed by atoms with Gasteiger partial charge in [-0.1, -0.05) is 13.8 Å². The molecule has 2 saturated heterocycles. The van der Waals surface area contributed by atoms with E-state index in [1.807, 2.05) is 36.2 Å². The van der Waals surface area contributed by atoms with Gasteiger partial charge in [-0.05, 0) is 30.7 Å². The van der Waals surface area contributed by atoms with E-state index in [2.05, 4.69) is 11.5 Å². The molecule has 0 aliphatic carbocycles. The lowest BCUT2D eigenvalue weighted by molar-refractivity contribution is -0.181. The summed E-state index contributed by atoms with van der Waals surface area (Å²) in [6, 6.07) is 7.60. The van der Waals surface area contributed by atoms with Gasteiger partial charge in [0.1, 0.15) is 5.76 Å². The van der Waals surface area contributed by atoms with E-state index in [0.29, 0.717) is 70.2 Å². The number of likely N-dealkylation sites (tertiary alicyclic amines) is 1. The average Bonchev–Trinajstić information content (AvgIpc) is 3.56. The smallest absolute Gasteiger partial charge is 0.289 e. The van der Waals surface area contributed by atoms with E-state index in [1.165, 1.54) is 0 Å². The second kappa shape index (κ2) is 9.92. The molecule has 2 fully saturated rings. The number of nitrogens with zero attached hydrogens (tertiary/aromatic N) is 3. The Bertz CT molecular complexity index is 918. The fourth-order valence-corrected chi connectivity index (χ4v) is 4.47. The molecular formula is C24H33N3O5. The highest BCUT2D eigenvalue weighted by Crippen LogP contribution is 2.31. The van der Waals surface area contributed by atoms with Crippen LogP contribution in [-0.4, -0.2) is 64.8 Å². The van der Waals surface area contributed by atoms with E-state index in [-0.39, 0.29) is 11.8 Å². The van der Waals surface area contributed by atoms with Crippen molar-refractivity contribution in [3.05, 3.63) is 47.7 Å². The minimum Gasteiger partial charge on any atom is -0.454 e. The fourth-order valence-electron chi connectivity index (χ4n) is 4.47. The number of carbonyl (C=O) groups excluding carboxylic acids is 2. The first-order chi connectivity index (χ1) is 15.5. The molecule has 0 N–H and O–H groups in total. The van der Waals surface area contributed by atoms with Crippen LogP contribution in [-0.2, 0) is 27.4 Å². The highest BCUT2D eigenvalue weighted by Gasteiger charge is 2.41. The zero-order chi connectivity index (χ0) is 22.6. The van der Waals surface area contributed by atoms with Crippen LogP contribution in [0.5, 0.6) is 0 Å². The summed E-state index contributed by atoms with van der Waals surface area (Å²) in [5.74, 6) is 0.625. The van der Waals surface area contributed by atoms with Gasteiger partial charge in [0.2, 0.25) is 5.91 Å². The zero-order valence-electron chi connectivity index (χ0n) is 19.0. The highest BCUT2D eigenvalue weighted by molar-refractivity contribution is 5.91. The van der Waals surface area contributed by atoms with Crippen LogP contribution >= 0.6 is 0 Å². The van der Waals surface area contributed by atoms with E-state index in [0.717, 1.165) is 18.7 Å². The van der Waals surface area contributed by atoms with Crippen LogP contribution in [0, 0.1) is 0 Å². The number of furan rings is 1. The van der Waals surface area contributed by atoms with Gasteiger partial charge in [0.15, 0.2) is 11.5 Å². The number of amides is 2. The van der Waals surface area contributed by atoms with E-state index >= 15 is 0 Å². The van der Waals surface area contributed by atoms with Gasteiger partial charge in [0.25, 0.3) is 5.91 Å². The predicted molar refractivity (Wildman–Crippen MR) is 118 cm³/mol. The maximum absolute atomic E-state index is 12.9. The van der Waals surface area contributed by atoms with E-state index in [1.54, 1.807) is 11.0 Å². The molecule has 1 spiro atoms. The number of carbonyl (C=O) groups is 2. The number of rotatable bonds is 8. The molecule has 0 aromatic carbocycles. The molecule has 4 heterocycles. The molecule has 0 radical (unpaired) electrons. The number of ether oxygens (including phenoxy) is 2. The summed E-state index contributed by atoms with van der Waals surface area (Å²) in [4.78, 5) is 28.9. The lowest BCUT2D eigenvalue weighted by atomic mass is 10.0. The molecule has 8 nitrogen and oxygen atoms in total. The van der Waals surface area contributed by atoms with Crippen molar-refractivity contribution in [2.75, 3.05) is 32.8 Å². The predicted octanol–water partition coefficient (Wildman–Crippen LogP) is 3.26. The minimum atomic E-state index is -0.499. The number of aromatic nitrogens is 1. The van der Waals surface area contributed by atoms with Crippen molar-refractivity contribution >= 4 is 11.8 Å². The normalized spacial score (nSPS) is 17.8. The van der Waals surface area contributed by atoms with Gasteiger partial charge in [0.05, 0.1) is 26.3 Å². The molecule has 0 unspecified atom stereocenters. The molecule has 2 amide bonds. The first kappa shape index (κ1) is 22.6. The average molecular weight is 444 g/mol. The Morgan fingerprint density at radius 3 is 2.53 bits per heavy atom. The quantitative estimate of drug-likeness (QED) is 0.626. The molecule has 0 atom stereocenters. The molecule has 0 bridgehead atoms. The van der Waals surface area contributed by atoms with E-state index in [9.17, 15) is 9.59 Å². The van der Waals surface area contributed by atoms with Crippen LogP contribution in [0.1, 0.15) is 61.5 Å². The summed E-state index contributed by atoms with van der Waals surface area (Å²) < 4.78 is 19.5. The molecule has 2 aromatic heterocycles. The van der Waals surface area contributed by atoms with Crippen LogP contribution in [0.4, 0.5) is 0 Å². The number of hydrogen-bond donors (Lipinski definition) is 0. The Labute approximate surface area is 189 Å². The van der Waals surface area contributed by atoms with Crippen molar-refractivity contribution < 1.29 is 23.5 Å². The standard InChI is InChI=1S/C24H33N3O5/c1-3-11-27(22(28)4-2)17-19-6-5-12-26(19)18-20-7-8-21(32-20)23(29)25-13-9-24(10-14-25)30-15-16-31-24/h5-8,12H,3-4,9-11,13-18H2,1-2H3.